The van der Waals surface area contributed by atoms with E-state index in [0.717, 1.165) is 30.5 Å². The molecule has 0 saturated carbocycles. The number of aromatic nitrogens is 2. The van der Waals surface area contributed by atoms with Crippen LogP contribution in [0.4, 0.5) is 37.8 Å². The van der Waals surface area contributed by atoms with Crippen LogP contribution in [0.5, 0.6) is 0 Å². The van der Waals surface area contributed by atoms with Crippen molar-refractivity contribution in [1.29, 1.82) is 0 Å². The molecule has 0 aliphatic heterocycles. The van der Waals surface area contributed by atoms with Gasteiger partial charge in [-0.15, -0.1) is 0 Å². The van der Waals surface area contributed by atoms with Gasteiger partial charge in [0.15, 0.2) is 0 Å². The van der Waals surface area contributed by atoms with Crippen molar-refractivity contribution < 1.29 is 26.3 Å². The van der Waals surface area contributed by atoms with Gasteiger partial charge in [0.1, 0.15) is 11.6 Å². The molecule has 0 saturated heterocycles. The van der Waals surface area contributed by atoms with Gasteiger partial charge in [-0.1, -0.05) is 26.0 Å². The predicted molar refractivity (Wildman–Crippen MR) is 127 cm³/mol. The molecule has 4 N–H and O–H groups in total. The van der Waals surface area contributed by atoms with Crippen molar-refractivity contribution in [3.8, 4) is 0 Å². The highest BCUT2D eigenvalue weighted by molar-refractivity contribution is 5.91. The fourth-order valence-corrected chi connectivity index (χ4v) is 3.33. The van der Waals surface area contributed by atoms with E-state index in [2.05, 4.69) is 20.6 Å². The van der Waals surface area contributed by atoms with E-state index in [9.17, 15) is 26.3 Å². The normalized spacial score (nSPS) is 13.2. The van der Waals surface area contributed by atoms with Crippen LogP contribution in [0, 0.1) is 0 Å². The largest absolute Gasteiger partial charge is 0.416 e. The molecule has 192 valence electrons. The lowest BCUT2D eigenvalue weighted by Gasteiger charge is -2.15. The van der Waals surface area contributed by atoms with Crippen molar-refractivity contribution in [2.24, 2.45) is 5.73 Å². The number of alkyl halides is 6. The van der Waals surface area contributed by atoms with Crippen LogP contribution in [0.2, 0.25) is 0 Å². The molecular weight excluding hydrogens is 484 g/mol. The minimum absolute atomic E-state index is 0.122. The number of fused-ring (bicyclic) bond motifs is 1. The smallest absolute Gasteiger partial charge is 0.405 e. The average Bonchev–Trinajstić information content (AvgIpc) is 2.79. The number of nitrogens with two attached hydrogens (primary N) is 1. The number of allylic oxidation sites excluding steroid dienone is 3. The topological polar surface area (TPSA) is 75.9 Å². The summed E-state index contributed by atoms with van der Waals surface area (Å²) < 4.78 is 79.0. The Labute approximate surface area is 204 Å². The van der Waals surface area contributed by atoms with Crippen LogP contribution in [0.25, 0.3) is 10.9 Å². The van der Waals surface area contributed by atoms with Crippen LogP contribution in [-0.4, -0.2) is 22.2 Å². The summed E-state index contributed by atoms with van der Waals surface area (Å²) in [5.41, 5.74) is 4.76. The zero-order valence-electron chi connectivity index (χ0n) is 19.5. The molecule has 0 aliphatic rings. The maximum absolute atomic E-state index is 13.4. The highest BCUT2D eigenvalue weighted by atomic mass is 19.4. The Kier molecular flexibility index (Phi) is 8.24. The lowest BCUT2D eigenvalue weighted by atomic mass is 10.0. The molecule has 36 heavy (non-hydrogen) atoms. The second kappa shape index (κ2) is 11.0. The number of anilines is 2. The first-order valence-electron chi connectivity index (χ1n) is 11.0. The maximum Gasteiger partial charge on any atom is 0.416 e. The quantitative estimate of drug-likeness (QED) is 0.242. The van der Waals surface area contributed by atoms with Crippen molar-refractivity contribution in [1.82, 2.24) is 15.3 Å². The molecule has 0 aliphatic carbocycles. The summed E-state index contributed by atoms with van der Waals surface area (Å²) in [7, 11) is 0. The third kappa shape index (κ3) is 7.20. The highest BCUT2D eigenvalue weighted by Crippen LogP contribution is 2.32. The zero-order chi connectivity index (χ0) is 26.5. The molecule has 0 radical (unpaired) electrons. The molecule has 0 amide bonds. The average molecular weight is 509 g/mol. The van der Waals surface area contributed by atoms with E-state index in [1.165, 1.54) is 18.2 Å². The van der Waals surface area contributed by atoms with Crippen LogP contribution < -0.4 is 16.4 Å². The van der Waals surface area contributed by atoms with E-state index >= 15 is 0 Å². The standard InChI is InChI=1S/C25H25F6N5/c1-15(2)33-14-22-35-21-13-16(12-18(4-3-11-32)25(29,30)31)5-10-20(21)23(36-22)34-19-8-6-17(7-9-19)24(26,27)28/h3-11,13,15,33H,12,14,32H2,1-2H3,(H,34,35,36)/b11-3-,18-4+. The maximum atomic E-state index is 13.4. The molecule has 0 unspecified atom stereocenters. The van der Waals surface area contributed by atoms with Crippen LogP contribution >= 0.6 is 0 Å². The first-order valence-corrected chi connectivity index (χ1v) is 11.0. The zero-order valence-corrected chi connectivity index (χ0v) is 19.5. The van der Waals surface area contributed by atoms with Gasteiger partial charge in [-0.2, -0.15) is 26.3 Å². The third-order valence-electron chi connectivity index (χ3n) is 5.12. The van der Waals surface area contributed by atoms with E-state index in [-0.39, 0.29) is 12.6 Å². The first kappa shape index (κ1) is 27.0. The van der Waals surface area contributed by atoms with Gasteiger partial charge >= 0.3 is 12.4 Å². The fourth-order valence-electron chi connectivity index (χ4n) is 3.33. The molecule has 2 aromatic carbocycles. The molecule has 3 rings (SSSR count). The molecule has 1 heterocycles. The molecule has 11 heteroatoms. The van der Waals surface area contributed by atoms with Gasteiger partial charge in [0, 0.05) is 29.1 Å². The minimum atomic E-state index is -4.54. The molecular formula is C25H25F6N5. The van der Waals surface area contributed by atoms with Crippen molar-refractivity contribution in [2.75, 3.05) is 5.32 Å². The summed E-state index contributed by atoms with van der Waals surface area (Å²) in [5, 5.41) is 6.69. The van der Waals surface area contributed by atoms with Gasteiger partial charge in [0.25, 0.3) is 0 Å². The van der Waals surface area contributed by atoms with Crippen LogP contribution in [-0.2, 0) is 19.1 Å². The van der Waals surface area contributed by atoms with E-state index < -0.39 is 29.9 Å². The minimum Gasteiger partial charge on any atom is -0.405 e. The Morgan fingerprint density at radius 2 is 1.69 bits per heavy atom. The molecule has 5 nitrogen and oxygen atoms in total. The third-order valence-corrected chi connectivity index (χ3v) is 5.12. The summed E-state index contributed by atoms with van der Waals surface area (Å²) in [4.78, 5) is 8.98. The van der Waals surface area contributed by atoms with Crippen molar-refractivity contribution in [2.45, 2.75) is 45.2 Å². The van der Waals surface area contributed by atoms with Crippen molar-refractivity contribution in [3.63, 3.8) is 0 Å². The molecule has 1 aromatic heterocycles. The highest BCUT2D eigenvalue weighted by Gasteiger charge is 2.33. The number of benzene rings is 2. The summed E-state index contributed by atoms with van der Waals surface area (Å²) in [6.07, 6.45) is -6.34. The Balaban J connectivity index is 2.01. The van der Waals surface area contributed by atoms with Gasteiger partial charge in [-0.05, 0) is 54.2 Å². The van der Waals surface area contributed by atoms with Gasteiger partial charge in [0.05, 0.1) is 17.6 Å². The number of hydrogen-bond donors (Lipinski definition) is 3. The number of hydrogen-bond acceptors (Lipinski definition) is 5. The molecule has 3 aromatic rings. The molecule has 0 fully saturated rings. The number of nitrogens with zero attached hydrogens (tertiary/aromatic N) is 2. The fraction of sp³-hybridized carbons (Fsp3) is 0.280. The lowest BCUT2D eigenvalue weighted by molar-refractivity contribution is -0.137. The van der Waals surface area contributed by atoms with Gasteiger partial charge in [-0.25, -0.2) is 9.97 Å². The number of rotatable bonds is 8. The summed E-state index contributed by atoms with van der Waals surface area (Å²) in [6.45, 7) is 4.15. The number of nitrogens with one attached hydrogen (secondary N) is 2. The number of halogens is 6. The Morgan fingerprint density at radius 3 is 2.28 bits per heavy atom. The van der Waals surface area contributed by atoms with Gasteiger partial charge in [-0.3, -0.25) is 0 Å². The molecule has 0 atom stereocenters. The second-order valence-corrected chi connectivity index (χ2v) is 8.33. The monoisotopic (exact) mass is 509 g/mol. The summed E-state index contributed by atoms with van der Waals surface area (Å²) in [5.74, 6) is 0.699. The van der Waals surface area contributed by atoms with Crippen molar-refractivity contribution in [3.05, 3.63) is 83.3 Å². The Morgan fingerprint density at radius 1 is 1.00 bits per heavy atom. The van der Waals surface area contributed by atoms with Gasteiger partial charge < -0.3 is 16.4 Å². The van der Waals surface area contributed by atoms with E-state index in [1.807, 2.05) is 13.8 Å². The first-order chi connectivity index (χ1) is 16.9. The Bertz CT molecular complexity index is 1240. The second-order valence-electron chi connectivity index (χ2n) is 8.33. The van der Waals surface area contributed by atoms with Crippen LogP contribution in [0.15, 0.2) is 66.4 Å². The van der Waals surface area contributed by atoms with E-state index in [4.69, 9.17) is 5.73 Å². The predicted octanol–water partition coefficient (Wildman–Crippen LogP) is 6.39. The Hall–Kier alpha value is -3.60. The molecule has 0 spiro atoms. The van der Waals surface area contributed by atoms with E-state index in [1.54, 1.807) is 12.1 Å². The van der Waals surface area contributed by atoms with Crippen molar-refractivity contribution >= 4 is 22.4 Å². The molecule has 0 bridgehead atoms. The van der Waals surface area contributed by atoms with Crippen LogP contribution in [0.3, 0.4) is 0 Å². The van der Waals surface area contributed by atoms with E-state index in [0.29, 0.717) is 33.8 Å². The lowest BCUT2D eigenvalue weighted by Crippen LogP contribution is -2.23. The summed E-state index contributed by atoms with van der Waals surface area (Å²) in [6, 6.07) is 9.24. The van der Waals surface area contributed by atoms with Gasteiger partial charge in [0.2, 0.25) is 0 Å². The SMILES string of the molecule is CC(C)NCc1nc(Nc2ccc(C(F)(F)F)cc2)c2ccc(C/C(=C\C=C/N)C(F)(F)F)cc2n1. The summed E-state index contributed by atoms with van der Waals surface area (Å²) >= 11 is 0. The van der Waals surface area contributed by atoms with Crippen LogP contribution in [0.1, 0.15) is 30.8 Å².